The molecule has 2 aromatic heterocycles. The standard InChI is InChI=1S/C26H27BrN4O3S/c1-14-8-9-19(15(2)12-14)29-25(34)23-16(3)22-24(33)30-21(31-26(22)35-23)13-28-20(10-11-32)17-6-4-5-7-18(17)27/h4-9,12,20,28,32H,10-11,13H2,1-3H3,(H,29,34)(H,30,31,33). The monoisotopic (exact) mass is 554 g/mol. The highest BCUT2D eigenvalue weighted by Crippen LogP contribution is 2.29. The minimum absolute atomic E-state index is 0.0189. The molecule has 1 atom stereocenters. The molecule has 7 nitrogen and oxygen atoms in total. The summed E-state index contributed by atoms with van der Waals surface area (Å²) in [7, 11) is 0. The van der Waals surface area contributed by atoms with E-state index in [1.807, 2.05) is 56.3 Å². The third-order valence-electron chi connectivity index (χ3n) is 5.90. The third-order valence-corrected chi connectivity index (χ3v) is 7.81. The zero-order valence-corrected chi connectivity index (χ0v) is 22.1. The molecule has 2 aromatic carbocycles. The van der Waals surface area contributed by atoms with Crippen LogP contribution in [0.15, 0.2) is 51.7 Å². The van der Waals surface area contributed by atoms with Gasteiger partial charge in [-0.25, -0.2) is 4.98 Å². The number of nitrogens with one attached hydrogen (secondary N) is 3. The highest BCUT2D eigenvalue weighted by molar-refractivity contribution is 9.10. The smallest absolute Gasteiger partial charge is 0.266 e. The molecular weight excluding hydrogens is 528 g/mol. The summed E-state index contributed by atoms with van der Waals surface area (Å²) in [6.45, 7) is 6.05. The highest BCUT2D eigenvalue weighted by Gasteiger charge is 2.21. The number of aliphatic hydroxyl groups excluding tert-OH is 1. The largest absolute Gasteiger partial charge is 0.396 e. The van der Waals surface area contributed by atoms with E-state index >= 15 is 0 Å². The second kappa shape index (κ2) is 10.8. The number of aliphatic hydroxyl groups is 1. The molecule has 0 fully saturated rings. The van der Waals surface area contributed by atoms with E-state index in [1.165, 1.54) is 11.3 Å². The lowest BCUT2D eigenvalue weighted by Gasteiger charge is -2.19. The fourth-order valence-corrected chi connectivity index (χ4v) is 5.75. The first-order valence-corrected chi connectivity index (χ1v) is 12.9. The third kappa shape index (κ3) is 5.54. The number of carbonyl (C=O) groups excluding carboxylic acids is 1. The van der Waals surface area contributed by atoms with Gasteiger partial charge in [-0.15, -0.1) is 11.3 Å². The maximum atomic E-state index is 13.0. The van der Waals surface area contributed by atoms with Gasteiger partial charge in [-0.3, -0.25) is 9.59 Å². The van der Waals surface area contributed by atoms with Gasteiger partial charge in [0.1, 0.15) is 10.7 Å². The average molecular weight is 555 g/mol. The number of benzene rings is 2. The van der Waals surface area contributed by atoms with Gasteiger partial charge in [-0.05, 0) is 56.0 Å². The summed E-state index contributed by atoms with van der Waals surface area (Å²) in [5, 5.41) is 16.3. The fraction of sp³-hybridized carbons (Fsp3) is 0.269. The molecule has 1 amide bonds. The fourth-order valence-electron chi connectivity index (χ4n) is 4.10. The Morgan fingerprint density at radius 3 is 2.69 bits per heavy atom. The van der Waals surface area contributed by atoms with E-state index in [0.29, 0.717) is 39.4 Å². The van der Waals surface area contributed by atoms with E-state index in [-0.39, 0.29) is 24.1 Å². The van der Waals surface area contributed by atoms with Crippen molar-refractivity contribution in [3.8, 4) is 0 Å². The number of hydrogen-bond donors (Lipinski definition) is 4. The van der Waals surface area contributed by atoms with Crippen LogP contribution in [0.2, 0.25) is 0 Å². The van der Waals surface area contributed by atoms with Gasteiger partial charge < -0.3 is 20.7 Å². The molecule has 0 bridgehead atoms. The average Bonchev–Trinajstić information content (AvgIpc) is 3.16. The Labute approximate surface area is 215 Å². The van der Waals surface area contributed by atoms with Crippen LogP contribution in [0.4, 0.5) is 5.69 Å². The second-order valence-electron chi connectivity index (χ2n) is 8.49. The zero-order valence-electron chi connectivity index (χ0n) is 19.7. The van der Waals surface area contributed by atoms with E-state index in [9.17, 15) is 14.7 Å². The number of aromatic nitrogens is 2. The number of aryl methyl sites for hydroxylation is 3. The minimum Gasteiger partial charge on any atom is -0.396 e. The number of H-pyrrole nitrogens is 1. The summed E-state index contributed by atoms with van der Waals surface area (Å²) in [4.78, 5) is 34.4. The van der Waals surface area contributed by atoms with Crippen molar-refractivity contribution >= 4 is 49.1 Å². The SMILES string of the molecule is Cc1ccc(NC(=O)c2sc3nc(CNC(CCO)c4ccccc4Br)[nH]c(=O)c3c2C)c(C)c1. The van der Waals surface area contributed by atoms with Gasteiger partial charge in [0.15, 0.2) is 0 Å². The summed E-state index contributed by atoms with van der Waals surface area (Å²) in [6, 6.07) is 13.5. The van der Waals surface area contributed by atoms with Crippen molar-refractivity contribution in [2.45, 2.75) is 39.8 Å². The first-order valence-electron chi connectivity index (χ1n) is 11.3. The van der Waals surface area contributed by atoms with Gasteiger partial charge in [0.25, 0.3) is 11.5 Å². The molecule has 0 aliphatic heterocycles. The zero-order chi connectivity index (χ0) is 25.1. The first kappa shape index (κ1) is 25.2. The Hall–Kier alpha value is -2.85. The summed E-state index contributed by atoms with van der Waals surface area (Å²) in [5.74, 6) is 0.216. The maximum absolute atomic E-state index is 13.0. The van der Waals surface area contributed by atoms with E-state index in [4.69, 9.17) is 0 Å². The van der Waals surface area contributed by atoms with E-state index in [0.717, 1.165) is 26.9 Å². The predicted molar refractivity (Wildman–Crippen MR) is 144 cm³/mol. The van der Waals surface area contributed by atoms with Crippen LogP contribution < -0.4 is 16.2 Å². The number of carbonyl (C=O) groups is 1. The summed E-state index contributed by atoms with van der Waals surface area (Å²) < 4.78 is 0.941. The van der Waals surface area contributed by atoms with Crippen molar-refractivity contribution < 1.29 is 9.90 Å². The molecule has 0 saturated carbocycles. The minimum atomic E-state index is -0.272. The Kier molecular flexibility index (Phi) is 7.81. The van der Waals surface area contributed by atoms with Gasteiger partial charge in [-0.2, -0.15) is 0 Å². The molecule has 4 N–H and O–H groups in total. The number of anilines is 1. The van der Waals surface area contributed by atoms with Crippen molar-refractivity contribution in [2.75, 3.05) is 11.9 Å². The molecule has 35 heavy (non-hydrogen) atoms. The van der Waals surface area contributed by atoms with Gasteiger partial charge in [0, 0.05) is 22.8 Å². The van der Waals surface area contributed by atoms with Crippen LogP contribution in [0.1, 0.15) is 50.2 Å². The second-order valence-corrected chi connectivity index (χ2v) is 10.3. The number of thiophene rings is 1. The molecule has 0 saturated heterocycles. The number of fused-ring (bicyclic) bond motifs is 1. The van der Waals surface area contributed by atoms with Crippen LogP contribution in [-0.4, -0.2) is 27.6 Å². The Morgan fingerprint density at radius 2 is 1.97 bits per heavy atom. The summed E-state index contributed by atoms with van der Waals surface area (Å²) >= 11 is 4.78. The lowest BCUT2D eigenvalue weighted by atomic mass is 10.0. The maximum Gasteiger partial charge on any atom is 0.266 e. The summed E-state index contributed by atoms with van der Waals surface area (Å²) in [6.07, 6.45) is 0.510. The lowest BCUT2D eigenvalue weighted by molar-refractivity contribution is 0.103. The first-order chi connectivity index (χ1) is 16.8. The lowest BCUT2D eigenvalue weighted by Crippen LogP contribution is -2.25. The molecule has 9 heteroatoms. The van der Waals surface area contributed by atoms with Crippen molar-refractivity contribution in [2.24, 2.45) is 0 Å². The van der Waals surface area contributed by atoms with Gasteiger partial charge in [0.2, 0.25) is 0 Å². The topological polar surface area (TPSA) is 107 Å². The molecule has 2 heterocycles. The molecular formula is C26H27BrN4O3S. The predicted octanol–water partition coefficient (Wildman–Crippen LogP) is 5.14. The molecule has 4 rings (SSSR count). The van der Waals surface area contributed by atoms with Crippen molar-refractivity contribution in [1.29, 1.82) is 0 Å². The van der Waals surface area contributed by atoms with Crippen LogP contribution in [0.5, 0.6) is 0 Å². The quantitative estimate of drug-likeness (QED) is 0.241. The van der Waals surface area contributed by atoms with Crippen molar-refractivity contribution in [3.63, 3.8) is 0 Å². The Morgan fingerprint density at radius 1 is 1.20 bits per heavy atom. The molecule has 1 unspecified atom stereocenters. The number of aromatic amines is 1. The normalized spacial score (nSPS) is 12.1. The number of rotatable bonds is 8. The van der Waals surface area contributed by atoms with Gasteiger partial charge in [-0.1, -0.05) is 51.8 Å². The highest BCUT2D eigenvalue weighted by atomic mass is 79.9. The van der Waals surface area contributed by atoms with Crippen LogP contribution in [0.25, 0.3) is 10.2 Å². The number of amides is 1. The Balaban J connectivity index is 1.58. The molecule has 0 spiro atoms. The van der Waals surface area contributed by atoms with Gasteiger partial charge >= 0.3 is 0 Å². The van der Waals surface area contributed by atoms with Crippen LogP contribution >= 0.6 is 27.3 Å². The van der Waals surface area contributed by atoms with E-state index in [2.05, 4.69) is 36.5 Å². The van der Waals surface area contributed by atoms with Crippen LogP contribution in [0.3, 0.4) is 0 Å². The molecule has 0 aliphatic rings. The molecule has 0 aliphatic carbocycles. The molecule has 4 aromatic rings. The number of hydrogen-bond acceptors (Lipinski definition) is 6. The van der Waals surface area contributed by atoms with Crippen molar-refractivity contribution in [3.05, 3.63) is 90.2 Å². The van der Waals surface area contributed by atoms with E-state index in [1.54, 1.807) is 6.92 Å². The van der Waals surface area contributed by atoms with Crippen molar-refractivity contribution in [1.82, 2.24) is 15.3 Å². The number of nitrogens with zero attached hydrogens (tertiary/aromatic N) is 1. The van der Waals surface area contributed by atoms with Crippen LogP contribution in [-0.2, 0) is 6.54 Å². The summed E-state index contributed by atoms with van der Waals surface area (Å²) in [5.41, 5.74) is 4.20. The molecule has 0 radical (unpaired) electrons. The van der Waals surface area contributed by atoms with Crippen LogP contribution in [0, 0.1) is 20.8 Å². The van der Waals surface area contributed by atoms with Gasteiger partial charge in [0.05, 0.1) is 16.8 Å². The number of halogens is 1. The van der Waals surface area contributed by atoms with E-state index < -0.39 is 0 Å². The molecule has 182 valence electrons. The Bertz CT molecular complexity index is 1450.